The summed E-state index contributed by atoms with van der Waals surface area (Å²) in [6.07, 6.45) is 0. The number of ether oxygens (including phenoxy) is 1. The average molecular weight is 414 g/mol. The van der Waals surface area contributed by atoms with Crippen LogP contribution in [0.25, 0.3) is 0 Å². The molecule has 3 rings (SSSR count). The summed E-state index contributed by atoms with van der Waals surface area (Å²) in [7, 11) is -1.39. The van der Waals surface area contributed by atoms with E-state index in [2.05, 4.69) is 5.32 Å². The number of carbonyl (C=O) groups is 2. The Morgan fingerprint density at radius 1 is 1.14 bits per heavy atom. The van der Waals surface area contributed by atoms with Gasteiger partial charge in [0.1, 0.15) is 5.75 Å². The summed E-state index contributed by atoms with van der Waals surface area (Å²) < 4.78 is 28.9. The monoisotopic (exact) mass is 414 g/mol. The van der Waals surface area contributed by atoms with Crippen LogP contribution in [-0.4, -0.2) is 24.2 Å². The molecule has 7 nitrogen and oxygen atoms in total. The zero-order valence-corrected chi connectivity index (χ0v) is 17.9. The molecule has 152 valence electrons. The summed E-state index contributed by atoms with van der Waals surface area (Å²) in [5.74, 6) is -0.0826. The molecule has 2 aromatic rings. The molecule has 1 N–H and O–H groups in total. The summed E-state index contributed by atoms with van der Waals surface area (Å²) in [6, 6.07) is 11.9. The zero-order chi connectivity index (χ0) is 21.6. The predicted molar refractivity (Wildman–Crippen MR) is 110 cm³/mol. The van der Waals surface area contributed by atoms with Crippen LogP contribution in [0.5, 0.6) is 5.75 Å². The third-order valence-corrected chi connectivity index (χ3v) is 6.33. The Labute approximate surface area is 169 Å². The van der Waals surface area contributed by atoms with Gasteiger partial charge in [0.15, 0.2) is 5.28 Å². The number of fused-ring (bicyclic) bond motifs is 1. The molecule has 0 saturated carbocycles. The quantitative estimate of drug-likeness (QED) is 0.728. The van der Waals surface area contributed by atoms with E-state index in [1.54, 1.807) is 56.3 Å². The summed E-state index contributed by atoms with van der Waals surface area (Å²) in [5, 5.41) is 1.37. The van der Waals surface area contributed by atoms with Gasteiger partial charge >= 0.3 is 7.68 Å². The van der Waals surface area contributed by atoms with Crippen LogP contribution in [0.1, 0.15) is 43.6 Å². The van der Waals surface area contributed by atoms with Crippen LogP contribution in [-0.2, 0) is 19.3 Å². The fourth-order valence-corrected chi connectivity index (χ4v) is 3.78. The van der Waals surface area contributed by atoms with Crippen LogP contribution in [0.15, 0.2) is 42.5 Å². The molecule has 29 heavy (non-hydrogen) atoms. The predicted octanol–water partition coefficient (Wildman–Crippen LogP) is 4.48. The number of carbonyl (C=O) groups excluding carboxylic acids is 2. The molecule has 8 heteroatoms. The third kappa shape index (κ3) is 3.47. The number of hydrogen-bond donors (Lipinski definition) is 1. The van der Waals surface area contributed by atoms with Gasteiger partial charge in [-0.3, -0.25) is 14.5 Å². The maximum atomic E-state index is 13.0. The van der Waals surface area contributed by atoms with Crippen LogP contribution < -0.4 is 15.0 Å². The summed E-state index contributed by atoms with van der Waals surface area (Å²) in [4.78, 5) is 27.1. The van der Waals surface area contributed by atoms with Gasteiger partial charge in [0.25, 0.3) is 5.91 Å². The second kappa shape index (κ2) is 7.16. The highest BCUT2D eigenvalue weighted by atomic mass is 31.1. The molecule has 0 fully saturated rings. The summed E-state index contributed by atoms with van der Waals surface area (Å²) >= 11 is 0. The van der Waals surface area contributed by atoms with Crippen LogP contribution in [0.2, 0.25) is 0 Å². The molecule has 2 amide bonds. The van der Waals surface area contributed by atoms with Crippen molar-refractivity contribution in [1.29, 1.82) is 0 Å². The lowest BCUT2D eigenvalue weighted by molar-refractivity contribution is -0.122. The SMILES string of the molecule is COc1cccc(NC(=O)c2ccc3c(c2)N(C(C)(C)P(=O)=O)C(=O)C3(C)C)c1. The van der Waals surface area contributed by atoms with E-state index in [-0.39, 0.29) is 11.8 Å². The van der Waals surface area contributed by atoms with E-state index in [0.29, 0.717) is 28.3 Å². The van der Waals surface area contributed by atoms with Gasteiger partial charge in [-0.05, 0) is 57.5 Å². The van der Waals surface area contributed by atoms with Crippen molar-refractivity contribution in [2.75, 3.05) is 17.3 Å². The topological polar surface area (TPSA) is 92.8 Å². The Balaban J connectivity index is 2.02. The lowest BCUT2D eigenvalue weighted by Crippen LogP contribution is -2.46. The first kappa shape index (κ1) is 20.8. The molecular weight excluding hydrogens is 391 g/mol. The van der Waals surface area contributed by atoms with Crippen molar-refractivity contribution < 1.29 is 23.5 Å². The first-order valence-electron chi connectivity index (χ1n) is 9.09. The third-order valence-electron chi connectivity index (χ3n) is 5.23. The second-order valence-corrected chi connectivity index (χ2v) is 9.54. The minimum atomic E-state index is -2.93. The van der Waals surface area contributed by atoms with Gasteiger partial charge in [-0.25, -0.2) is 9.13 Å². The maximum absolute atomic E-state index is 13.0. The van der Waals surface area contributed by atoms with Crippen molar-refractivity contribution >= 4 is 30.9 Å². The molecule has 0 bridgehead atoms. The number of methoxy groups -OCH3 is 1. The van der Waals surface area contributed by atoms with Crippen molar-refractivity contribution in [2.24, 2.45) is 0 Å². The van der Waals surface area contributed by atoms with Gasteiger partial charge in [-0.15, -0.1) is 0 Å². The van der Waals surface area contributed by atoms with E-state index in [4.69, 9.17) is 4.74 Å². The van der Waals surface area contributed by atoms with Crippen molar-refractivity contribution in [2.45, 2.75) is 38.4 Å². The normalized spacial score (nSPS) is 15.1. The van der Waals surface area contributed by atoms with Crippen LogP contribution in [0.4, 0.5) is 11.4 Å². The lowest BCUT2D eigenvalue weighted by Gasteiger charge is -2.30. The van der Waals surface area contributed by atoms with Crippen molar-refractivity contribution in [3.05, 3.63) is 53.6 Å². The van der Waals surface area contributed by atoms with Gasteiger partial charge in [-0.1, -0.05) is 12.1 Å². The lowest BCUT2D eigenvalue weighted by atomic mass is 9.86. The molecule has 1 heterocycles. The fourth-order valence-electron chi connectivity index (χ4n) is 3.42. The van der Waals surface area contributed by atoms with Gasteiger partial charge in [0.2, 0.25) is 5.91 Å². The highest BCUT2D eigenvalue weighted by molar-refractivity contribution is 7.33. The van der Waals surface area contributed by atoms with Crippen LogP contribution >= 0.6 is 7.68 Å². The van der Waals surface area contributed by atoms with Gasteiger partial charge in [0, 0.05) is 17.3 Å². The molecule has 1 aliphatic heterocycles. The van der Waals surface area contributed by atoms with Gasteiger partial charge < -0.3 is 10.1 Å². The summed E-state index contributed by atoms with van der Waals surface area (Å²) in [5.41, 5.74) is 1.11. The standard InChI is InChI=1S/C21H23N2O5P/c1-20(2)16-10-9-13(18(24)22-14-7-6-8-15(12-14)28-5)11-17(16)23(19(20)25)21(3,4)29(26)27/h6-12H,1-5H3,(H,22,24). The second-order valence-electron chi connectivity index (χ2n) is 7.94. The molecule has 0 unspecified atom stereocenters. The molecule has 0 saturated heterocycles. The number of nitrogens with one attached hydrogen (secondary N) is 1. The summed E-state index contributed by atoms with van der Waals surface area (Å²) in [6.45, 7) is 6.45. The number of benzene rings is 2. The van der Waals surface area contributed by atoms with Gasteiger partial charge in [-0.2, -0.15) is 0 Å². The number of anilines is 2. The Bertz CT molecular complexity index is 1060. The van der Waals surface area contributed by atoms with Crippen LogP contribution in [0.3, 0.4) is 0 Å². The highest BCUT2D eigenvalue weighted by Crippen LogP contribution is 2.48. The number of rotatable bonds is 5. The molecule has 0 radical (unpaired) electrons. The average Bonchev–Trinajstić information content (AvgIpc) is 2.87. The van der Waals surface area contributed by atoms with E-state index in [1.165, 1.54) is 25.9 Å². The molecule has 0 aromatic heterocycles. The largest absolute Gasteiger partial charge is 0.497 e. The van der Waals surface area contributed by atoms with Crippen molar-refractivity contribution in [3.8, 4) is 5.75 Å². The van der Waals surface area contributed by atoms with Gasteiger partial charge in [0.05, 0.1) is 18.2 Å². The molecule has 0 atom stereocenters. The number of hydrogen-bond acceptors (Lipinski definition) is 5. The van der Waals surface area contributed by atoms with Crippen molar-refractivity contribution in [3.63, 3.8) is 0 Å². The highest BCUT2D eigenvalue weighted by Gasteiger charge is 2.51. The van der Waals surface area contributed by atoms with E-state index in [0.717, 1.165) is 0 Å². The van der Waals surface area contributed by atoms with Crippen molar-refractivity contribution in [1.82, 2.24) is 0 Å². The molecule has 1 aliphatic rings. The fraction of sp³-hybridized carbons (Fsp3) is 0.333. The minimum Gasteiger partial charge on any atom is -0.497 e. The number of nitrogens with zero attached hydrogens (tertiary/aromatic N) is 1. The maximum Gasteiger partial charge on any atom is 0.341 e. The van der Waals surface area contributed by atoms with E-state index in [1.807, 2.05) is 0 Å². The first-order chi connectivity index (χ1) is 13.5. The molecule has 0 spiro atoms. The zero-order valence-electron chi connectivity index (χ0n) is 17.0. The van der Waals surface area contributed by atoms with E-state index in [9.17, 15) is 18.7 Å². The number of amides is 2. The Hall–Kier alpha value is -2.92. The molecule has 2 aromatic carbocycles. The van der Waals surface area contributed by atoms with E-state index < -0.39 is 18.4 Å². The molecule has 0 aliphatic carbocycles. The molecular formula is C21H23N2O5P. The van der Waals surface area contributed by atoms with Crippen LogP contribution in [0, 0.1) is 0 Å². The Morgan fingerprint density at radius 3 is 2.45 bits per heavy atom. The Kier molecular flexibility index (Phi) is 5.13. The minimum absolute atomic E-state index is 0.318. The van der Waals surface area contributed by atoms with E-state index >= 15 is 0 Å². The Morgan fingerprint density at radius 2 is 1.83 bits per heavy atom. The smallest absolute Gasteiger partial charge is 0.341 e. The first-order valence-corrected chi connectivity index (χ1v) is 10.3.